The van der Waals surface area contributed by atoms with Gasteiger partial charge in [-0.25, -0.2) is 4.98 Å². The smallest absolute Gasteiger partial charge is 0.241 e. The topological polar surface area (TPSA) is 112 Å². The van der Waals surface area contributed by atoms with E-state index in [0.29, 0.717) is 17.0 Å². The Labute approximate surface area is 114 Å². The highest BCUT2D eigenvalue weighted by atomic mass is 16.3. The van der Waals surface area contributed by atoms with Gasteiger partial charge in [0, 0.05) is 0 Å². The molecule has 0 aliphatic heterocycles. The number of fused-ring (bicyclic) bond motifs is 1. The molecule has 2 amide bonds. The van der Waals surface area contributed by atoms with E-state index in [9.17, 15) is 9.59 Å². The van der Waals surface area contributed by atoms with Gasteiger partial charge in [-0.05, 0) is 24.3 Å². The Kier molecular flexibility index (Phi) is 3.95. The first-order valence-corrected chi connectivity index (χ1v) is 5.87. The average molecular weight is 271 g/mol. The third kappa shape index (κ3) is 3.32. The summed E-state index contributed by atoms with van der Waals surface area (Å²) >= 11 is 0. The first-order valence-electron chi connectivity index (χ1n) is 5.87. The Morgan fingerprint density at radius 3 is 2.25 bits per heavy atom. The number of oxazole rings is 1. The van der Waals surface area contributed by atoms with Crippen molar-refractivity contribution in [1.29, 1.82) is 0 Å². The first kappa shape index (κ1) is 13.5. The third-order valence-electron chi connectivity index (χ3n) is 2.53. The number of amides is 2. The predicted molar refractivity (Wildman–Crippen MR) is 73.4 cm³/mol. The maximum Gasteiger partial charge on any atom is 0.241 e. The van der Waals surface area contributed by atoms with Crippen molar-refractivity contribution in [3.8, 4) is 0 Å². The van der Waals surface area contributed by atoms with Gasteiger partial charge >= 0.3 is 0 Å². The van der Waals surface area contributed by atoms with Crippen LogP contribution < -0.4 is 11.5 Å². The summed E-state index contributed by atoms with van der Waals surface area (Å²) in [4.78, 5) is 25.9. The Balaban J connectivity index is 2.38. The molecule has 0 saturated heterocycles. The molecule has 6 heteroatoms. The molecule has 20 heavy (non-hydrogen) atoms. The zero-order valence-corrected chi connectivity index (χ0v) is 10.5. The lowest BCUT2D eigenvalue weighted by Crippen LogP contribution is -2.08. The molecule has 6 nitrogen and oxygen atoms in total. The van der Waals surface area contributed by atoms with Crippen LogP contribution in [0.15, 0.2) is 53.0 Å². The molecular weight excluding hydrogens is 258 g/mol. The van der Waals surface area contributed by atoms with Crippen molar-refractivity contribution in [2.24, 2.45) is 11.5 Å². The molecule has 1 aromatic carbocycles. The predicted octanol–water partition coefficient (Wildman–Crippen LogP) is 0.994. The number of carbonyl (C=O) groups excluding carboxylic acids is 2. The zero-order chi connectivity index (χ0) is 14.5. The van der Waals surface area contributed by atoms with Gasteiger partial charge < -0.3 is 15.9 Å². The van der Waals surface area contributed by atoms with Gasteiger partial charge in [-0.2, -0.15) is 0 Å². The summed E-state index contributed by atoms with van der Waals surface area (Å²) in [6.45, 7) is 0. The standard InChI is InChI=1S/C14H13N3O3/c15-12(18)7-5-9(6-8-13(16)19)14-17-10-3-1-2-4-11(10)20-14/h1-9H,(H2,15,18)(H2,16,19)/b7-5+,8-6+. The average Bonchev–Trinajstić information content (AvgIpc) is 2.81. The minimum atomic E-state index is -0.599. The van der Waals surface area contributed by atoms with Crippen molar-refractivity contribution in [2.75, 3.05) is 0 Å². The van der Waals surface area contributed by atoms with Crippen LogP contribution in [0.2, 0.25) is 0 Å². The van der Waals surface area contributed by atoms with Crippen molar-refractivity contribution >= 4 is 22.9 Å². The second-order valence-electron chi connectivity index (χ2n) is 4.07. The summed E-state index contributed by atoms with van der Waals surface area (Å²) in [6, 6.07) is 7.24. The zero-order valence-electron chi connectivity index (χ0n) is 10.5. The maximum absolute atomic E-state index is 10.8. The van der Waals surface area contributed by atoms with E-state index in [2.05, 4.69) is 4.98 Å². The van der Waals surface area contributed by atoms with Gasteiger partial charge in [0.05, 0.1) is 5.92 Å². The third-order valence-corrected chi connectivity index (χ3v) is 2.53. The van der Waals surface area contributed by atoms with Crippen molar-refractivity contribution in [1.82, 2.24) is 4.98 Å². The number of aromatic nitrogens is 1. The number of nitrogens with two attached hydrogens (primary N) is 2. The highest BCUT2D eigenvalue weighted by molar-refractivity contribution is 5.87. The van der Waals surface area contributed by atoms with E-state index < -0.39 is 17.7 Å². The lowest BCUT2D eigenvalue weighted by atomic mass is 10.1. The second kappa shape index (κ2) is 5.83. The fourth-order valence-corrected chi connectivity index (χ4v) is 1.66. The highest BCUT2D eigenvalue weighted by Gasteiger charge is 2.13. The van der Waals surface area contributed by atoms with E-state index in [1.165, 1.54) is 24.3 Å². The monoisotopic (exact) mass is 271 g/mol. The molecule has 0 aliphatic rings. The van der Waals surface area contributed by atoms with E-state index in [0.717, 1.165) is 0 Å². The van der Waals surface area contributed by atoms with Crippen LogP contribution in [0.5, 0.6) is 0 Å². The van der Waals surface area contributed by atoms with E-state index in [1.807, 2.05) is 12.1 Å². The Bertz CT molecular complexity index is 644. The van der Waals surface area contributed by atoms with Crippen molar-refractivity contribution in [3.63, 3.8) is 0 Å². The molecule has 1 aromatic heterocycles. The van der Waals surface area contributed by atoms with E-state index in [1.54, 1.807) is 12.1 Å². The van der Waals surface area contributed by atoms with Crippen molar-refractivity contribution in [2.45, 2.75) is 5.92 Å². The molecule has 2 rings (SSSR count). The fourth-order valence-electron chi connectivity index (χ4n) is 1.66. The van der Waals surface area contributed by atoms with E-state index >= 15 is 0 Å². The van der Waals surface area contributed by atoms with Gasteiger partial charge in [-0.15, -0.1) is 0 Å². The number of rotatable bonds is 5. The highest BCUT2D eigenvalue weighted by Crippen LogP contribution is 2.23. The molecule has 4 N–H and O–H groups in total. The number of para-hydroxylation sites is 2. The molecule has 102 valence electrons. The molecule has 0 fully saturated rings. The minimum Gasteiger partial charge on any atom is -0.440 e. The van der Waals surface area contributed by atoms with Crippen LogP contribution in [-0.4, -0.2) is 16.8 Å². The van der Waals surface area contributed by atoms with Crippen LogP contribution >= 0.6 is 0 Å². The number of benzene rings is 1. The summed E-state index contributed by atoms with van der Waals surface area (Å²) in [7, 11) is 0. The Morgan fingerprint density at radius 2 is 1.70 bits per heavy atom. The summed E-state index contributed by atoms with van der Waals surface area (Å²) < 4.78 is 5.58. The number of hydrogen-bond acceptors (Lipinski definition) is 4. The quantitative estimate of drug-likeness (QED) is 0.789. The normalized spacial score (nSPS) is 11.8. The molecular formula is C14H13N3O3. The van der Waals surface area contributed by atoms with Gasteiger partial charge in [0.1, 0.15) is 5.52 Å². The fraction of sp³-hybridized carbons (Fsp3) is 0.0714. The molecule has 0 spiro atoms. The maximum atomic E-state index is 10.8. The van der Waals surface area contributed by atoms with Crippen LogP contribution in [0.3, 0.4) is 0 Å². The minimum absolute atomic E-state index is 0.348. The second-order valence-corrected chi connectivity index (χ2v) is 4.07. The van der Waals surface area contributed by atoms with Crippen LogP contribution in [0, 0.1) is 0 Å². The largest absolute Gasteiger partial charge is 0.440 e. The number of allylic oxidation sites excluding steroid dienone is 2. The van der Waals surface area contributed by atoms with E-state index in [4.69, 9.17) is 15.9 Å². The van der Waals surface area contributed by atoms with Crippen LogP contribution in [0.4, 0.5) is 0 Å². The molecule has 2 aromatic rings. The summed E-state index contributed by atoms with van der Waals surface area (Å²) in [6.07, 6.45) is 5.36. The van der Waals surface area contributed by atoms with Crippen molar-refractivity contribution in [3.05, 3.63) is 54.5 Å². The summed E-state index contributed by atoms with van der Waals surface area (Å²) in [5.74, 6) is -1.35. The molecule has 0 bridgehead atoms. The van der Waals surface area contributed by atoms with Crippen LogP contribution in [-0.2, 0) is 9.59 Å². The Hall–Kier alpha value is -2.89. The molecule has 0 radical (unpaired) electrons. The number of primary amides is 2. The molecule has 1 heterocycles. The lowest BCUT2D eigenvalue weighted by molar-refractivity contribution is -0.114. The molecule has 0 unspecified atom stereocenters. The molecule has 0 saturated carbocycles. The van der Waals surface area contributed by atoms with Gasteiger partial charge in [0.25, 0.3) is 0 Å². The Morgan fingerprint density at radius 1 is 1.10 bits per heavy atom. The van der Waals surface area contributed by atoms with E-state index in [-0.39, 0.29) is 0 Å². The molecule has 0 aliphatic carbocycles. The van der Waals surface area contributed by atoms with Crippen molar-refractivity contribution < 1.29 is 14.0 Å². The summed E-state index contributed by atoms with van der Waals surface area (Å²) in [5, 5.41) is 0. The van der Waals surface area contributed by atoms with Gasteiger partial charge in [0.2, 0.25) is 17.7 Å². The SMILES string of the molecule is NC(=O)/C=C/C(/C=C/C(N)=O)c1nc2ccccc2o1. The van der Waals surface area contributed by atoms with Gasteiger partial charge in [-0.3, -0.25) is 9.59 Å². The lowest BCUT2D eigenvalue weighted by Gasteiger charge is -2.01. The number of hydrogen-bond donors (Lipinski definition) is 2. The molecule has 0 atom stereocenters. The number of carbonyl (C=O) groups is 2. The first-order chi connectivity index (χ1) is 9.56. The summed E-state index contributed by atoms with van der Waals surface area (Å²) in [5.41, 5.74) is 11.4. The van der Waals surface area contributed by atoms with Gasteiger partial charge in [-0.1, -0.05) is 24.3 Å². The van der Waals surface area contributed by atoms with Crippen LogP contribution in [0.25, 0.3) is 11.1 Å². The van der Waals surface area contributed by atoms with Crippen LogP contribution in [0.1, 0.15) is 11.8 Å². The number of nitrogens with zero attached hydrogens (tertiary/aromatic N) is 1. The van der Waals surface area contributed by atoms with Gasteiger partial charge in [0.15, 0.2) is 5.58 Å².